The number of allylic oxidation sites excluding steroid dienone is 4. The first-order chi connectivity index (χ1) is 28.7. The molecule has 0 fully saturated rings. The first-order valence-corrected chi connectivity index (χ1v) is 20.7. The number of fused-ring (bicyclic) bond motifs is 4. The van der Waals surface area contributed by atoms with E-state index in [-0.39, 0.29) is 6.71 Å². The van der Waals surface area contributed by atoms with Crippen LogP contribution in [-0.4, -0.2) is 6.71 Å². The molecule has 0 unspecified atom stereocenters. The molecule has 286 valence electrons. The Hall–Kier alpha value is -6.70. The Balaban J connectivity index is 0.000000189. The van der Waals surface area contributed by atoms with Crippen LogP contribution in [0.5, 0.6) is 0 Å². The molecule has 9 aromatic carbocycles. The van der Waals surface area contributed by atoms with Gasteiger partial charge in [-0.05, 0) is 130 Å². The van der Waals surface area contributed by atoms with Crippen molar-refractivity contribution in [2.24, 2.45) is 0 Å². The zero-order valence-corrected chi connectivity index (χ0v) is 35.2. The van der Waals surface area contributed by atoms with Gasteiger partial charge in [0, 0.05) is 0 Å². The molecule has 0 saturated carbocycles. The molecule has 1 aliphatic rings. The standard InChI is InChI=1S/C37H27B.C13H14.C8H10/c1-22-19-23(2)34(24(3)20-22)28-16-13-25-14-18-31-36-26(15-17-29(28)35(25)36)21-33-37(31)30-11-7-8-12-32(30)38(33)27-9-5-4-6-10-27;1-4-8-13(11(2)3)12-9-6-5-7-10-12;1-7-5-3-4-6-8(7)2/h4-21H,1-3H3;4-10H,1-2H2,3H3;3-6H,1-2H3/b;13-8+;. The quantitative estimate of drug-likeness (QED) is 0.0931. The third kappa shape index (κ3) is 7.46. The number of benzene rings is 9. The summed E-state index contributed by atoms with van der Waals surface area (Å²) in [6, 6.07) is 59.8. The van der Waals surface area contributed by atoms with Gasteiger partial charge in [-0.2, -0.15) is 0 Å². The van der Waals surface area contributed by atoms with Crippen molar-refractivity contribution in [3.05, 3.63) is 228 Å². The second-order valence-electron chi connectivity index (χ2n) is 16.1. The second-order valence-corrected chi connectivity index (χ2v) is 16.1. The molecule has 0 spiro atoms. The maximum atomic E-state index is 3.93. The first-order valence-electron chi connectivity index (χ1n) is 20.7. The van der Waals surface area contributed by atoms with E-state index in [1.807, 2.05) is 31.2 Å². The average molecular weight is 759 g/mol. The predicted molar refractivity (Wildman–Crippen MR) is 262 cm³/mol. The summed E-state index contributed by atoms with van der Waals surface area (Å²) >= 11 is 0. The molecule has 0 aliphatic carbocycles. The van der Waals surface area contributed by atoms with Gasteiger partial charge in [-0.3, -0.25) is 0 Å². The zero-order valence-electron chi connectivity index (χ0n) is 35.2. The topological polar surface area (TPSA) is 0 Å². The molecule has 59 heavy (non-hydrogen) atoms. The van der Waals surface area contributed by atoms with Crippen LogP contribution in [0.1, 0.15) is 40.3 Å². The van der Waals surface area contributed by atoms with Crippen LogP contribution in [-0.2, 0) is 0 Å². The van der Waals surface area contributed by atoms with Gasteiger partial charge < -0.3 is 0 Å². The summed E-state index contributed by atoms with van der Waals surface area (Å²) in [5.74, 6) is 0. The van der Waals surface area contributed by atoms with Crippen molar-refractivity contribution in [2.45, 2.75) is 41.5 Å². The molecule has 9 aromatic rings. The highest BCUT2D eigenvalue weighted by Crippen LogP contribution is 2.44. The van der Waals surface area contributed by atoms with Gasteiger partial charge in [-0.1, -0.05) is 217 Å². The molecule has 1 heterocycles. The molecule has 0 nitrogen and oxygen atoms in total. The van der Waals surface area contributed by atoms with Crippen LogP contribution < -0.4 is 16.4 Å². The average Bonchev–Trinajstić information content (AvgIpc) is 3.58. The van der Waals surface area contributed by atoms with Gasteiger partial charge in [-0.25, -0.2) is 0 Å². The third-order valence-electron chi connectivity index (χ3n) is 12.0. The van der Waals surface area contributed by atoms with Gasteiger partial charge in [0.1, 0.15) is 0 Å². The number of hydrogen-bond donors (Lipinski definition) is 0. The molecule has 0 N–H and O–H groups in total. The molecule has 1 aliphatic heterocycles. The summed E-state index contributed by atoms with van der Waals surface area (Å²) < 4.78 is 0. The van der Waals surface area contributed by atoms with Crippen LogP contribution in [0.4, 0.5) is 0 Å². The van der Waals surface area contributed by atoms with E-state index in [2.05, 4.69) is 193 Å². The lowest BCUT2D eigenvalue weighted by Crippen LogP contribution is -2.48. The number of rotatable bonds is 5. The lowest BCUT2D eigenvalue weighted by atomic mass is 9.39. The molecule has 0 amide bonds. The molecule has 0 saturated heterocycles. The van der Waals surface area contributed by atoms with E-state index >= 15 is 0 Å². The Labute approximate surface area is 351 Å². The predicted octanol–water partition coefficient (Wildman–Crippen LogP) is 13.8. The minimum atomic E-state index is 0.262. The molecular weight excluding hydrogens is 707 g/mol. The van der Waals surface area contributed by atoms with Gasteiger partial charge in [0.15, 0.2) is 0 Å². The Morgan fingerprint density at radius 2 is 1.05 bits per heavy atom. The van der Waals surface area contributed by atoms with Gasteiger partial charge >= 0.3 is 0 Å². The maximum absolute atomic E-state index is 3.93. The minimum Gasteiger partial charge on any atom is -0.0990 e. The summed E-state index contributed by atoms with van der Waals surface area (Å²) in [7, 11) is 0. The van der Waals surface area contributed by atoms with Crippen LogP contribution in [0.25, 0.3) is 60.1 Å². The van der Waals surface area contributed by atoms with Gasteiger partial charge in [-0.15, -0.1) is 0 Å². The molecule has 0 radical (unpaired) electrons. The van der Waals surface area contributed by atoms with Crippen molar-refractivity contribution in [3.8, 4) is 22.3 Å². The lowest BCUT2D eigenvalue weighted by molar-refractivity contribution is 1.32. The van der Waals surface area contributed by atoms with E-state index in [0.29, 0.717) is 0 Å². The van der Waals surface area contributed by atoms with E-state index < -0.39 is 0 Å². The Morgan fingerprint density at radius 3 is 1.69 bits per heavy atom. The normalized spacial score (nSPS) is 11.8. The summed E-state index contributed by atoms with van der Waals surface area (Å²) in [6.45, 7) is 20.8. The van der Waals surface area contributed by atoms with Crippen molar-refractivity contribution < 1.29 is 0 Å². The fraction of sp³-hybridized carbons (Fsp3) is 0.103. The molecular formula is C58H51B. The van der Waals surface area contributed by atoms with Crippen LogP contribution in [0.2, 0.25) is 0 Å². The SMILES string of the molecule is C=C/C=C(\C(=C)C)c1ccccc1.Cc1cc(C)c(-c2ccc3ccc4c5c(cc6ccc2c3c64)B(c2ccccc2)c2ccccc2-5)c(C)c1.Cc1ccccc1C. The van der Waals surface area contributed by atoms with Crippen molar-refractivity contribution in [2.75, 3.05) is 0 Å². The van der Waals surface area contributed by atoms with Crippen LogP contribution in [0.15, 0.2) is 195 Å². The highest BCUT2D eigenvalue weighted by atomic mass is 14.2. The number of aryl methyl sites for hydroxylation is 5. The van der Waals surface area contributed by atoms with Crippen molar-refractivity contribution in [1.29, 1.82) is 0 Å². The molecule has 0 atom stereocenters. The van der Waals surface area contributed by atoms with E-state index in [4.69, 9.17) is 0 Å². The van der Waals surface area contributed by atoms with Crippen LogP contribution in [0, 0.1) is 34.6 Å². The summed E-state index contributed by atoms with van der Waals surface area (Å²) in [4.78, 5) is 0. The highest BCUT2D eigenvalue weighted by Gasteiger charge is 2.35. The van der Waals surface area contributed by atoms with Crippen molar-refractivity contribution in [1.82, 2.24) is 0 Å². The lowest BCUT2D eigenvalue weighted by Gasteiger charge is -2.19. The van der Waals surface area contributed by atoms with E-state index in [9.17, 15) is 0 Å². The fourth-order valence-corrected chi connectivity index (χ4v) is 9.28. The second kappa shape index (κ2) is 16.6. The Kier molecular flexibility index (Phi) is 11.0. The molecule has 10 rings (SSSR count). The largest absolute Gasteiger partial charge is 0.242 e. The molecule has 1 heteroatoms. The minimum absolute atomic E-state index is 0.262. The highest BCUT2D eigenvalue weighted by molar-refractivity contribution is 6.99. The molecule has 0 bridgehead atoms. The monoisotopic (exact) mass is 758 g/mol. The Bertz CT molecular complexity index is 2970. The van der Waals surface area contributed by atoms with E-state index in [1.54, 1.807) is 6.08 Å². The van der Waals surface area contributed by atoms with Gasteiger partial charge in [0.2, 0.25) is 6.71 Å². The third-order valence-corrected chi connectivity index (χ3v) is 12.0. The van der Waals surface area contributed by atoms with E-state index in [0.717, 1.165) is 11.1 Å². The fourth-order valence-electron chi connectivity index (χ4n) is 9.28. The number of hydrogen-bond acceptors (Lipinski definition) is 0. The van der Waals surface area contributed by atoms with Crippen molar-refractivity contribution in [3.63, 3.8) is 0 Å². The first kappa shape index (κ1) is 39.1. The summed E-state index contributed by atoms with van der Waals surface area (Å²) in [6.07, 6.45) is 3.77. The smallest absolute Gasteiger partial charge is 0.0990 e. The summed E-state index contributed by atoms with van der Waals surface area (Å²) in [5, 5.41) is 8.15. The van der Waals surface area contributed by atoms with Gasteiger partial charge in [0.05, 0.1) is 0 Å². The van der Waals surface area contributed by atoms with Crippen LogP contribution >= 0.6 is 0 Å². The molecule has 0 aromatic heterocycles. The Morgan fingerprint density at radius 1 is 0.492 bits per heavy atom. The van der Waals surface area contributed by atoms with E-state index in [1.165, 1.54) is 104 Å². The maximum Gasteiger partial charge on any atom is 0.242 e. The zero-order chi connectivity index (χ0) is 41.2. The van der Waals surface area contributed by atoms with Gasteiger partial charge in [0.25, 0.3) is 0 Å². The van der Waals surface area contributed by atoms with Crippen molar-refractivity contribution >= 4 is 61.0 Å². The van der Waals surface area contributed by atoms with Crippen LogP contribution in [0.3, 0.4) is 0 Å². The summed E-state index contributed by atoms with van der Waals surface area (Å²) in [5.41, 5.74) is 19.8.